The summed E-state index contributed by atoms with van der Waals surface area (Å²) in [4.78, 5) is 30.2. The molecule has 0 aliphatic heterocycles. The van der Waals surface area contributed by atoms with Gasteiger partial charge in [0, 0.05) is 31.4 Å². The van der Waals surface area contributed by atoms with Gasteiger partial charge in [-0.1, -0.05) is 17.9 Å². The molecule has 0 saturated carbocycles. The molecule has 6 nitrogen and oxygen atoms in total. The van der Waals surface area contributed by atoms with Gasteiger partial charge in [0.25, 0.3) is 11.8 Å². The minimum absolute atomic E-state index is 0.0508. The van der Waals surface area contributed by atoms with Crippen LogP contribution < -0.4 is 5.32 Å². The van der Waals surface area contributed by atoms with E-state index in [0.717, 1.165) is 11.2 Å². The van der Waals surface area contributed by atoms with Crippen LogP contribution in [-0.4, -0.2) is 46.7 Å². The number of aromatic nitrogens is 2. The first kappa shape index (κ1) is 18.2. The Morgan fingerprint density at radius 2 is 1.89 bits per heavy atom. The minimum Gasteiger partial charge on any atom is -0.345 e. The molecule has 0 aliphatic carbocycles. The van der Waals surface area contributed by atoms with Gasteiger partial charge in [-0.3, -0.25) is 14.0 Å². The molecule has 6 heteroatoms. The molecule has 0 saturated heterocycles. The van der Waals surface area contributed by atoms with E-state index in [1.54, 1.807) is 42.8 Å². The van der Waals surface area contributed by atoms with Gasteiger partial charge in [0.05, 0.1) is 12.2 Å². The number of carbonyl (C=O) groups is 2. The number of nitrogens with zero attached hydrogens (tertiary/aromatic N) is 3. The lowest BCUT2D eigenvalue weighted by atomic mass is 10.1. The van der Waals surface area contributed by atoms with Gasteiger partial charge in [0.2, 0.25) is 0 Å². The summed E-state index contributed by atoms with van der Waals surface area (Å²) < 4.78 is 1.76. The molecule has 0 unspecified atom stereocenters. The first-order valence-corrected chi connectivity index (χ1v) is 8.50. The number of benzene rings is 1. The molecule has 2 aromatic heterocycles. The standard InChI is InChI=1S/C21H20N4O2/c1-15-19(25-14-5-4-8-18(25)23-15)20(26)22-13-6-7-16-9-11-17(12-10-16)21(27)24(2)3/h4-5,8-12,14H,13H2,1-3H3,(H,22,26). The van der Waals surface area contributed by atoms with Crippen molar-refractivity contribution in [2.24, 2.45) is 0 Å². The van der Waals surface area contributed by atoms with Crippen molar-refractivity contribution in [3.8, 4) is 11.8 Å². The fourth-order valence-electron chi connectivity index (χ4n) is 2.70. The number of aryl methyl sites for hydroxylation is 1. The van der Waals surface area contributed by atoms with E-state index in [9.17, 15) is 9.59 Å². The molecule has 2 amide bonds. The Bertz CT molecular complexity index is 1050. The normalized spacial score (nSPS) is 10.2. The number of amides is 2. The fraction of sp³-hybridized carbons (Fsp3) is 0.190. The second-order valence-electron chi connectivity index (χ2n) is 6.24. The highest BCUT2D eigenvalue weighted by Crippen LogP contribution is 2.11. The van der Waals surface area contributed by atoms with Crippen LogP contribution >= 0.6 is 0 Å². The zero-order chi connectivity index (χ0) is 19.4. The molecule has 1 aromatic carbocycles. The molecule has 0 bridgehead atoms. The molecular formula is C21H20N4O2. The Labute approximate surface area is 157 Å². The van der Waals surface area contributed by atoms with E-state index in [1.807, 2.05) is 31.3 Å². The highest BCUT2D eigenvalue weighted by Gasteiger charge is 2.15. The van der Waals surface area contributed by atoms with E-state index < -0.39 is 0 Å². The third-order valence-electron chi connectivity index (χ3n) is 4.03. The molecular weight excluding hydrogens is 340 g/mol. The van der Waals surface area contributed by atoms with Crippen molar-refractivity contribution in [1.29, 1.82) is 0 Å². The number of nitrogens with one attached hydrogen (secondary N) is 1. The third-order valence-corrected chi connectivity index (χ3v) is 4.03. The van der Waals surface area contributed by atoms with Gasteiger partial charge in [-0.15, -0.1) is 0 Å². The largest absolute Gasteiger partial charge is 0.345 e. The molecule has 136 valence electrons. The number of rotatable bonds is 3. The summed E-state index contributed by atoms with van der Waals surface area (Å²) >= 11 is 0. The first-order chi connectivity index (χ1) is 13.0. The number of hydrogen-bond donors (Lipinski definition) is 1. The number of imidazole rings is 1. The summed E-state index contributed by atoms with van der Waals surface area (Å²) in [6, 6.07) is 12.7. The van der Waals surface area contributed by atoms with E-state index in [2.05, 4.69) is 22.1 Å². The van der Waals surface area contributed by atoms with Crippen LogP contribution in [0.2, 0.25) is 0 Å². The molecule has 0 radical (unpaired) electrons. The number of hydrogen-bond acceptors (Lipinski definition) is 3. The number of fused-ring (bicyclic) bond motifs is 1. The van der Waals surface area contributed by atoms with E-state index >= 15 is 0 Å². The molecule has 2 heterocycles. The van der Waals surface area contributed by atoms with E-state index in [-0.39, 0.29) is 18.4 Å². The Morgan fingerprint density at radius 3 is 2.59 bits per heavy atom. The summed E-state index contributed by atoms with van der Waals surface area (Å²) in [5.41, 5.74) is 3.32. The minimum atomic E-state index is -0.215. The van der Waals surface area contributed by atoms with E-state index in [4.69, 9.17) is 0 Å². The van der Waals surface area contributed by atoms with Crippen molar-refractivity contribution in [3.05, 3.63) is 71.2 Å². The van der Waals surface area contributed by atoms with Crippen LogP contribution in [-0.2, 0) is 0 Å². The maximum Gasteiger partial charge on any atom is 0.270 e. The Morgan fingerprint density at radius 1 is 1.15 bits per heavy atom. The van der Waals surface area contributed by atoms with E-state index in [0.29, 0.717) is 17.0 Å². The summed E-state index contributed by atoms with van der Waals surface area (Å²) in [5, 5.41) is 2.80. The highest BCUT2D eigenvalue weighted by atomic mass is 16.2. The maximum absolute atomic E-state index is 12.5. The zero-order valence-corrected chi connectivity index (χ0v) is 15.5. The Balaban J connectivity index is 1.64. The predicted molar refractivity (Wildman–Crippen MR) is 104 cm³/mol. The van der Waals surface area contributed by atoms with Crippen molar-refractivity contribution in [2.45, 2.75) is 6.92 Å². The van der Waals surface area contributed by atoms with Crippen molar-refractivity contribution in [2.75, 3.05) is 20.6 Å². The van der Waals surface area contributed by atoms with Crippen molar-refractivity contribution in [3.63, 3.8) is 0 Å². The van der Waals surface area contributed by atoms with Crippen LogP contribution in [0.4, 0.5) is 0 Å². The second-order valence-corrected chi connectivity index (χ2v) is 6.24. The zero-order valence-electron chi connectivity index (χ0n) is 15.5. The van der Waals surface area contributed by atoms with Crippen LogP contribution in [0.1, 0.15) is 32.1 Å². The van der Waals surface area contributed by atoms with Gasteiger partial charge >= 0.3 is 0 Å². The lowest BCUT2D eigenvalue weighted by Gasteiger charge is -2.09. The van der Waals surface area contributed by atoms with Crippen molar-refractivity contribution in [1.82, 2.24) is 19.6 Å². The maximum atomic E-state index is 12.5. The van der Waals surface area contributed by atoms with Crippen LogP contribution in [0.25, 0.3) is 5.65 Å². The predicted octanol–water partition coefficient (Wildman–Crippen LogP) is 2.13. The summed E-state index contributed by atoms with van der Waals surface area (Å²) in [5.74, 6) is 5.64. The molecule has 0 spiro atoms. The monoisotopic (exact) mass is 360 g/mol. The fourth-order valence-corrected chi connectivity index (χ4v) is 2.70. The SMILES string of the molecule is Cc1nc2ccccn2c1C(=O)NCC#Cc1ccc(C(=O)N(C)C)cc1. The van der Waals surface area contributed by atoms with Crippen LogP contribution in [0.15, 0.2) is 48.7 Å². The van der Waals surface area contributed by atoms with Crippen LogP contribution in [0.5, 0.6) is 0 Å². The topological polar surface area (TPSA) is 66.7 Å². The summed E-state index contributed by atoms with van der Waals surface area (Å²) in [7, 11) is 3.42. The lowest BCUT2D eigenvalue weighted by Crippen LogP contribution is -2.25. The smallest absolute Gasteiger partial charge is 0.270 e. The molecule has 0 aliphatic rings. The average molecular weight is 360 g/mol. The highest BCUT2D eigenvalue weighted by molar-refractivity contribution is 5.95. The molecule has 0 atom stereocenters. The molecule has 0 fully saturated rings. The van der Waals surface area contributed by atoms with Gasteiger partial charge in [-0.25, -0.2) is 4.98 Å². The molecule has 3 rings (SSSR count). The first-order valence-electron chi connectivity index (χ1n) is 8.50. The van der Waals surface area contributed by atoms with Gasteiger partial charge in [0.15, 0.2) is 0 Å². The average Bonchev–Trinajstić information content (AvgIpc) is 3.00. The van der Waals surface area contributed by atoms with Gasteiger partial charge in [0.1, 0.15) is 11.3 Å². The second kappa shape index (κ2) is 7.75. The summed E-state index contributed by atoms with van der Waals surface area (Å²) in [6.07, 6.45) is 1.81. The number of carbonyl (C=O) groups excluding carboxylic acids is 2. The Hall–Kier alpha value is -3.59. The molecule has 3 aromatic rings. The quantitative estimate of drug-likeness (QED) is 0.728. The van der Waals surface area contributed by atoms with Crippen LogP contribution in [0.3, 0.4) is 0 Å². The van der Waals surface area contributed by atoms with Crippen molar-refractivity contribution < 1.29 is 9.59 Å². The molecule has 27 heavy (non-hydrogen) atoms. The summed E-state index contributed by atoms with van der Waals surface area (Å²) in [6.45, 7) is 2.03. The van der Waals surface area contributed by atoms with Crippen LogP contribution in [0, 0.1) is 18.8 Å². The van der Waals surface area contributed by atoms with Gasteiger partial charge < -0.3 is 10.2 Å². The lowest BCUT2D eigenvalue weighted by molar-refractivity contribution is 0.0827. The third kappa shape index (κ3) is 3.98. The van der Waals surface area contributed by atoms with Gasteiger partial charge in [-0.2, -0.15) is 0 Å². The van der Waals surface area contributed by atoms with Gasteiger partial charge in [-0.05, 0) is 43.3 Å². The molecule has 1 N–H and O–H groups in total. The number of pyridine rings is 1. The van der Waals surface area contributed by atoms with E-state index in [1.165, 1.54) is 4.90 Å². The Kier molecular flexibility index (Phi) is 5.23. The van der Waals surface area contributed by atoms with Crippen molar-refractivity contribution >= 4 is 17.5 Å².